The van der Waals surface area contributed by atoms with E-state index in [1.807, 2.05) is 24.3 Å². The van der Waals surface area contributed by atoms with E-state index in [1.54, 1.807) is 25.3 Å². The molecule has 2 aromatic carbocycles. The standard InChI is InChI=1S/C16H16Cl2N2O2/c1-22-14-6-2-11(3-7-14)9-19-16(21)20-10-12-4-5-13(17)8-15(12)18/h2-8H,9-10H2,1H3,(H2,19,20,21). The van der Waals surface area contributed by atoms with Gasteiger partial charge < -0.3 is 15.4 Å². The van der Waals surface area contributed by atoms with E-state index in [0.717, 1.165) is 16.9 Å². The number of hydrogen-bond donors (Lipinski definition) is 2. The highest BCUT2D eigenvalue weighted by molar-refractivity contribution is 6.35. The van der Waals surface area contributed by atoms with Gasteiger partial charge in [-0.25, -0.2) is 4.79 Å². The van der Waals surface area contributed by atoms with Crippen LogP contribution < -0.4 is 15.4 Å². The Labute approximate surface area is 139 Å². The lowest BCUT2D eigenvalue weighted by molar-refractivity contribution is 0.240. The second kappa shape index (κ2) is 7.92. The molecule has 0 aliphatic carbocycles. The third kappa shape index (κ3) is 4.83. The number of halogens is 2. The van der Waals surface area contributed by atoms with E-state index < -0.39 is 0 Å². The topological polar surface area (TPSA) is 50.4 Å². The number of methoxy groups -OCH3 is 1. The van der Waals surface area contributed by atoms with Crippen molar-refractivity contribution in [3.8, 4) is 5.75 Å². The minimum atomic E-state index is -0.262. The quantitative estimate of drug-likeness (QED) is 0.865. The molecule has 2 amide bonds. The number of nitrogens with one attached hydrogen (secondary N) is 2. The Morgan fingerprint density at radius 1 is 1.05 bits per heavy atom. The molecule has 6 heteroatoms. The Morgan fingerprint density at radius 2 is 1.73 bits per heavy atom. The van der Waals surface area contributed by atoms with Crippen LogP contribution in [0.2, 0.25) is 10.0 Å². The molecule has 22 heavy (non-hydrogen) atoms. The van der Waals surface area contributed by atoms with Gasteiger partial charge in [0.15, 0.2) is 0 Å². The lowest BCUT2D eigenvalue weighted by atomic mass is 10.2. The number of carbonyl (C=O) groups excluding carboxylic acids is 1. The molecule has 4 nitrogen and oxygen atoms in total. The summed E-state index contributed by atoms with van der Waals surface area (Å²) in [5.74, 6) is 0.783. The Kier molecular flexibility index (Phi) is 5.92. The van der Waals surface area contributed by atoms with E-state index in [4.69, 9.17) is 27.9 Å². The second-order valence-corrected chi connectivity index (χ2v) is 5.46. The maximum atomic E-state index is 11.8. The Morgan fingerprint density at radius 3 is 2.36 bits per heavy atom. The van der Waals surface area contributed by atoms with Gasteiger partial charge in [0.25, 0.3) is 0 Å². The van der Waals surface area contributed by atoms with Crippen molar-refractivity contribution in [3.05, 3.63) is 63.6 Å². The fourth-order valence-corrected chi connectivity index (χ4v) is 2.30. The van der Waals surface area contributed by atoms with Crippen molar-refractivity contribution in [2.75, 3.05) is 7.11 Å². The third-order valence-electron chi connectivity index (χ3n) is 3.07. The van der Waals surface area contributed by atoms with E-state index in [2.05, 4.69) is 10.6 Å². The first-order valence-corrected chi connectivity index (χ1v) is 7.42. The van der Waals surface area contributed by atoms with Crippen molar-refractivity contribution in [2.45, 2.75) is 13.1 Å². The monoisotopic (exact) mass is 338 g/mol. The average molecular weight is 339 g/mol. The molecule has 116 valence electrons. The highest BCUT2D eigenvalue weighted by Crippen LogP contribution is 2.20. The molecular weight excluding hydrogens is 323 g/mol. The van der Waals surface area contributed by atoms with Crippen LogP contribution in [0.15, 0.2) is 42.5 Å². The number of rotatable bonds is 5. The largest absolute Gasteiger partial charge is 0.497 e. The molecule has 2 aromatic rings. The van der Waals surface area contributed by atoms with E-state index in [1.165, 1.54) is 0 Å². The van der Waals surface area contributed by atoms with Crippen molar-refractivity contribution in [2.24, 2.45) is 0 Å². The Bertz CT molecular complexity index is 645. The van der Waals surface area contributed by atoms with Gasteiger partial charge in [-0.15, -0.1) is 0 Å². The van der Waals surface area contributed by atoms with Crippen molar-refractivity contribution < 1.29 is 9.53 Å². The molecule has 0 saturated carbocycles. The number of benzene rings is 2. The summed E-state index contributed by atoms with van der Waals surface area (Å²) in [6.07, 6.45) is 0. The van der Waals surface area contributed by atoms with E-state index in [9.17, 15) is 4.79 Å². The minimum Gasteiger partial charge on any atom is -0.497 e. The zero-order valence-electron chi connectivity index (χ0n) is 12.0. The number of carbonyl (C=O) groups is 1. The predicted octanol–water partition coefficient (Wildman–Crippen LogP) is 4.00. The maximum absolute atomic E-state index is 11.8. The summed E-state index contributed by atoms with van der Waals surface area (Å²) < 4.78 is 5.08. The summed E-state index contributed by atoms with van der Waals surface area (Å²) in [5, 5.41) is 6.63. The zero-order chi connectivity index (χ0) is 15.9. The fraction of sp³-hybridized carbons (Fsp3) is 0.188. The molecule has 0 saturated heterocycles. The van der Waals surface area contributed by atoms with Gasteiger partial charge in [-0.3, -0.25) is 0 Å². The molecular formula is C16H16Cl2N2O2. The van der Waals surface area contributed by atoms with E-state index >= 15 is 0 Å². The number of hydrogen-bond acceptors (Lipinski definition) is 2. The molecule has 0 aliphatic heterocycles. The average Bonchev–Trinajstić information content (AvgIpc) is 2.52. The van der Waals surface area contributed by atoms with Crippen LogP contribution in [-0.2, 0) is 13.1 Å². The van der Waals surface area contributed by atoms with Crippen LogP contribution in [0.3, 0.4) is 0 Å². The lowest BCUT2D eigenvalue weighted by Gasteiger charge is -2.09. The van der Waals surface area contributed by atoms with E-state index in [-0.39, 0.29) is 6.03 Å². The Hall–Kier alpha value is -1.91. The van der Waals surface area contributed by atoms with Crippen LogP contribution >= 0.6 is 23.2 Å². The first-order valence-electron chi connectivity index (χ1n) is 6.67. The fourth-order valence-electron chi connectivity index (χ4n) is 1.83. The first-order chi connectivity index (χ1) is 10.6. The smallest absolute Gasteiger partial charge is 0.315 e. The van der Waals surface area contributed by atoms with Gasteiger partial charge in [0, 0.05) is 23.1 Å². The van der Waals surface area contributed by atoms with Crippen LogP contribution in [-0.4, -0.2) is 13.1 Å². The summed E-state index contributed by atoms with van der Waals surface area (Å²) in [4.78, 5) is 11.8. The van der Waals surface area contributed by atoms with Crippen molar-refractivity contribution >= 4 is 29.2 Å². The second-order valence-electron chi connectivity index (χ2n) is 4.62. The molecule has 2 N–H and O–H groups in total. The summed E-state index contributed by atoms with van der Waals surface area (Å²) in [7, 11) is 1.61. The van der Waals surface area contributed by atoms with Crippen LogP contribution in [0.4, 0.5) is 4.79 Å². The molecule has 0 spiro atoms. The van der Waals surface area contributed by atoms with Gasteiger partial charge in [-0.2, -0.15) is 0 Å². The molecule has 0 aliphatic rings. The molecule has 0 atom stereocenters. The van der Waals surface area contributed by atoms with Crippen LogP contribution in [0.25, 0.3) is 0 Å². The summed E-state index contributed by atoms with van der Waals surface area (Å²) in [6.45, 7) is 0.772. The van der Waals surface area contributed by atoms with Gasteiger partial charge in [-0.1, -0.05) is 41.4 Å². The maximum Gasteiger partial charge on any atom is 0.315 e. The first kappa shape index (κ1) is 16.5. The van der Waals surface area contributed by atoms with Crippen molar-refractivity contribution in [3.63, 3.8) is 0 Å². The Balaban J connectivity index is 1.80. The number of amides is 2. The number of ether oxygens (including phenoxy) is 1. The highest BCUT2D eigenvalue weighted by Gasteiger charge is 2.04. The molecule has 0 unspecified atom stereocenters. The van der Waals surface area contributed by atoms with Crippen molar-refractivity contribution in [1.29, 1.82) is 0 Å². The molecule has 0 heterocycles. The van der Waals surface area contributed by atoms with Crippen molar-refractivity contribution in [1.82, 2.24) is 10.6 Å². The highest BCUT2D eigenvalue weighted by atomic mass is 35.5. The van der Waals surface area contributed by atoms with Crippen LogP contribution in [0, 0.1) is 0 Å². The van der Waals surface area contributed by atoms with Gasteiger partial charge >= 0.3 is 6.03 Å². The molecule has 0 radical (unpaired) electrons. The van der Waals surface area contributed by atoms with E-state index in [0.29, 0.717) is 23.1 Å². The SMILES string of the molecule is COc1ccc(CNC(=O)NCc2ccc(Cl)cc2Cl)cc1. The van der Waals surface area contributed by atoms with Gasteiger partial charge in [-0.05, 0) is 35.4 Å². The van der Waals surface area contributed by atoms with Crippen LogP contribution in [0.1, 0.15) is 11.1 Å². The lowest BCUT2D eigenvalue weighted by Crippen LogP contribution is -2.34. The van der Waals surface area contributed by atoms with Gasteiger partial charge in [0.2, 0.25) is 0 Å². The zero-order valence-corrected chi connectivity index (χ0v) is 13.5. The summed E-state index contributed by atoms with van der Waals surface area (Å²) >= 11 is 11.9. The van der Waals surface area contributed by atoms with Crippen LogP contribution in [0.5, 0.6) is 5.75 Å². The molecule has 0 aromatic heterocycles. The molecule has 0 bridgehead atoms. The number of urea groups is 1. The summed E-state index contributed by atoms with van der Waals surface area (Å²) in [6, 6.07) is 12.4. The molecule has 2 rings (SSSR count). The predicted molar refractivity (Wildman–Crippen MR) is 88.5 cm³/mol. The third-order valence-corrected chi connectivity index (χ3v) is 3.65. The summed E-state index contributed by atoms with van der Waals surface area (Å²) in [5.41, 5.74) is 1.80. The van der Waals surface area contributed by atoms with Gasteiger partial charge in [0.1, 0.15) is 5.75 Å². The molecule has 0 fully saturated rings. The normalized spacial score (nSPS) is 10.1. The minimum absolute atomic E-state index is 0.262. The van der Waals surface area contributed by atoms with Gasteiger partial charge in [0.05, 0.1) is 7.11 Å².